The van der Waals surface area contributed by atoms with Crippen LogP contribution in [0.4, 0.5) is 0 Å². The summed E-state index contributed by atoms with van der Waals surface area (Å²) in [7, 11) is 0. The fourth-order valence-corrected chi connectivity index (χ4v) is 8.83. The van der Waals surface area contributed by atoms with Gasteiger partial charge in [0.15, 0.2) is 0 Å². The molecule has 2 aromatic carbocycles. The van der Waals surface area contributed by atoms with E-state index < -0.39 is 0 Å². The van der Waals surface area contributed by atoms with Crippen molar-refractivity contribution >= 4 is 98.9 Å². The monoisotopic (exact) mass is 2180 g/mol. The minimum absolute atomic E-state index is 0. The smallest absolute Gasteiger partial charge is 0.127 e. The second-order valence-corrected chi connectivity index (χ2v) is 17.3. The van der Waals surface area contributed by atoms with Gasteiger partial charge in [-0.25, -0.2) is 0 Å². The molecule has 432 valence electrons. The summed E-state index contributed by atoms with van der Waals surface area (Å²) >= 11 is 0. The maximum Gasteiger partial charge on any atom is 0.127 e. The van der Waals surface area contributed by atoms with Gasteiger partial charge in [0.1, 0.15) is 19.0 Å². The molecule has 0 aliphatic rings. The van der Waals surface area contributed by atoms with Crippen molar-refractivity contribution in [1.29, 1.82) is 0 Å². The van der Waals surface area contributed by atoms with Gasteiger partial charge in [0, 0.05) is 164 Å². The van der Waals surface area contributed by atoms with Crippen LogP contribution in [0.2, 0.25) is 0 Å². The Hall–Kier alpha value is -7.64. The van der Waals surface area contributed by atoms with Gasteiger partial charge in [-0.05, 0) is 66.9 Å². The Morgan fingerprint density at radius 1 is 0.388 bits per heavy atom. The largest absolute Gasteiger partial charge is 0.360 e. The van der Waals surface area contributed by atoms with Crippen molar-refractivity contribution in [3.8, 4) is 0 Å². The van der Waals surface area contributed by atoms with Crippen LogP contribution >= 0.6 is 0 Å². The molecule has 6 radical (unpaired) electrons. The summed E-state index contributed by atoms with van der Waals surface area (Å²) in [4.78, 5) is 37.6. The minimum atomic E-state index is 0. The van der Waals surface area contributed by atoms with Gasteiger partial charge in [0.25, 0.3) is 0 Å². The quantitative estimate of drug-likeness (QED) is 0.130. The van der Waals surface area contributed by atoms with Gasteiger partial charge in [-0.1, -0.05) is 75.9 Å². The number of imidazole rings is 3. The number of nitrogens with zero attached hydrogens (tertiary/aromatic N) is 20. The summed E-state index contributed by atoms with van der Waals surface area (Å²) in [6.07, 6.45) is 37.0. The molecule has 0 spiro atoms. The van der Waals surface area contributed by atoms with E-state index in [-0.39, 0.29) is 121 Å². The minimum Gasteiger partial charge on any atom is -0.360 e. The fourth-order valence-electron chi connectivity index (χ4n) is 8.83. The molecule has 0 unspecified atom stereocenters. The molecule has 0 N–H and O–H groups in total. The van der Waals surface area contributed by atoms with Crippen LogP contribution in [0.15, 0.2) is 203 Å². The number of hydrogen-bond acceptors (Lipinski definition) is 14. The van der Waals surface area contributed by atoms with E-state index >= 15 is 0 Å². The van der Waals surface area contributed by atoms with Gasteiger partial charge in [0.2, 0.25) is 0 Å². The Bertz CT molecular complexity index is 4530. The molecule has 0 saturated carbocycles. The third-order valence-corrected chi connectivity index (χ3v) is 12.5. The van der Waals surface area contributed by atoms with Crippen LogP contribution in [0, 0.1) is 43.5 Å². The summed E-state index contributed by atoms with van der Waals surface area (Å²) in [5, 5.41) is 28.9. The average molecular weight is 2180 g/mol. The fraction of sp³-hybridized carbons (Fsp3) is 0.0169. The first kappa shape index (κ1) is 64.9. The van der Waals surface area contributed by atoms with Gasteiger partial charge in [-0.2, -0.15) is 26.5 Å². The van der Waals surface area contributed by atoms with E-state index in [0.29, 0.717) is 0 Å². The zero-order chi connectivity index (χ0) is 52.9. The predicted molar refractivity (Wildman–Crippen MR) is 296 cm³/mol. The van der Waals surface area contributed by atoms with Gasteiger partial charge >= 0.3 is 0 Å². The molecule has 0 saturated heterocycles. The third-order valence-electron chi connectivity index (χ3n) is 12.5. The first-order chi connectivity index (χ1) is 39.1. The van der Waals surface area contributed by atoms with Crippen molar-refractivity contribution in [2.75, 3.05) is 0 Å². The van der Waals surface area contributed by atoms with E-state index in [1.165, 1.54) is 0 Å². The van der Waals surface area contributed by atoms with Gasteiger partial charge < -0.3 is 37.0 Å². The van der Waals surface area contributed by atoms with E-state index in [0.717, 1.165) is 105 Å². The summed E-state index contributed by atoms with van der Waals surface area (Å²) in [5.74, 6) is 0. The van der Waals surface area contributed by atoms with Crippen LogP contribution in [0.3, 0.4) is 0 Å². The van der Waals surface area contributed by atoms with E-state index in [1.807, 2.05) is 137 Å². The molecular formula is C59H36Ir6N20-6. The van der Waals surface area contributed by atoms with Crippen molar-refractivity contribution in [3.05, 3.63) is 245 Å². The van der Waals surface area contributed by atoms with Gasteiger partial charge in [0.05, 0.1) is 40.2 Å². The Morgan fingerprint density at radius 2 is 0.918 bits per heavy atom. The number of fused-ring (bicyclic) bond motifs is 18. The van der Waals surface area contributed by atoms with Crippen LogP contribution in [-0.2, 0) is 121 Å². The summed E-state index contributed by atoms with van der Waals surface area (Å²) in [5.41, 5.74) is 9.06. The first-order valence-electron chi connectivity index (χ1n) is 24.3. The number of aromatic nitrogens is 20. The summed E-state index contributed by atoms with van der Waals surface area (Å²) in [6.45, 7) is 2.02. The Morgan fingerprint density at radius 3 is 1.62 bits per heavy atom. The molecule has 0 atom stereocenters. The van der Waals surface area contributed by atoms with Crippen molar-refractivity contribution in [2.24, 2.45) is 0 Å². The Labute approximate surface area is 563 Å². The predicted octanol–water partition coefficient (Wildman–Crippen LogP) is 9.18. The molecule has 16 heterocycles. The number of benzene rings is 2. The molecule has 18 rings (SSSR count). The van der Waals surface area contributed by atoms with Crippen LogP contribution in [-0.4, -0.2) is 96.9 Å². The average Bonchev–Trinajstić information content (AvgIpc) is 4.61. The standard InChI is InChI=1S/C11H8N3.3C10H6N3.2C9H5N4.6Ir/c1-8-6-9-4-2-3-5-10(9)11-12-7-13-14(8)11;1-3-11-7-9-8(1)2-5-13-6-4-12-10(9)13;1-2-8-9(11-4-1)3-6-13-7-5-12-10(8)13;1-2-4-9-8(3-1)10-11-5-6-13(10)7-12-9;1-3-10-5-7-2-4-13-6-11-12-9(13)8(1)7;1-2-7-8(10-4-1)3-5-13-6-11-12-9(7)13;;;;;;/h2-4,6-7H,1H3;1-6H;1,3-7H;1-2,4-7H;2-6H;1,3-6H;;;;;;/q6*-1;;;;;;. The zero-order valence-electron chi connectivity index (χ0n) is 43.5. The zero-order valence-corrected chi connectivity index (χ0v) is 57.9. The molecule has 0 amide bonds. The number of rotatable bonds is 0. The molecule has 0 fully saturated rings. The topological polar surface area (TPSA) is 207 Å². The van der Waals surface area contributed by atoms with E-state index in [9.17, 15) is 0 Å². The third kappa shape index (κ3) is 13.7. The molecule has 0 aliphatic carbocycles. The SMILES string of the molecule is Cc1cc2ccc[c-]c2c2ncnn12.[Ir].[Ir].[Ir].[Ir].[Ir].[Ir].[c-]1cccc2ncn3ccnc3c12.[c-]1ccnc2ccn3ccnc3c12.[c-]1ccnc2ccn3cnnc3c12.[c-]1cncc2ccn3cnnc3c12.[c-]1nccc2ccn3ccnc3c12. The van der Waals surface area contributed by atoms with Gasteiger partial charge in [-0.15, -0.1) is 106 Å². The maximum absolute atomic E-state index is 4.27. The Balaban J connectivity index is 0.000000144. The number of aryl methyl sites for hydroxylation is 1. The van der Waals surface area contributed by atoms with E-state index in [2.05, 4.69) is 119 Å². The van der Waals surface area contributed by atoms with Crippen LogP contribution in [0.5, 0.6) is 0 Å². The molecule has 26 heteroatoms. The van der Waals surface area contributed by atoms with Crippen LogP contribution in [0.25, 0.3) is 98.9 Å². The first-order valence-corrected chi connectivity index (χ1v) is 24.3. The maximum atomic E-state index is 4.27. The van der Waals surface area contributed by atoms with Crippen LogP contribution < -0.4 is 0 Å². The van der Waals surface area contributed by atoms with Crippen LogP contribution in [0.1, 0.15) is 5.69 Å². The second kappa shape index (κ2) is 29.9. The summed E-state index contributed by atoms with van der Waals surface area (Å²) < 4.78 is 11.3. The van der Waals surface area contributed by atoms with Crippen molar-refractivity contribution < 1.29 is 121 Å². The summed E-state index contributed by atoms with van der Waals surface area (Å²) in [6, 6.07) is 42.8. The second-order valence-electron chi connectivity index (χ2n) is 17.3. The molecule has 85 heavy (non-hydrogen) atoms. The van der Waals surface area contributed by atoms with Gasteiger partial charge in [-0.3, -0.25) is 34.4 Å². The van der Waals surface area contributed by atoms with E-state index in [4.69, 9.17) is 0 Å². The molecule has 0 bridgehead atoms. The number of pyridine rings is 9. The van der Waals surface area contributed by atoms with Crippen molar-refractivity contribution in [2.45, 2.75) is 6.92 Å². The molecule has 16 aromatic heterocycles. The van der Waals surface area contributed by atoms with E-state index in [1.54, 1.807) is 87.0 Å². The molecule has 0 aliphatic heterocycles. The normalized spacial score (nSPS) is 10.3. The molecular weight excluding hydrogens is 2140 g/mol. The van der Waals surface area contributed by atoms with Crippen molar-refractivity contribution in [1.82, 2.24) is 96.9 Å². The van der Waals surface area contributed by atoms with Crippen molar-refractivity contribution in [3.63, 3.8) is 0 Å². The molecule has 20 nitrogen and oxygen atoms in total. The molecule has 18 aromatic rings. The number of hydrogen-bond donors (Lipinski definition) is 0. The Kier molecular flexibility index (Phi) is 22.9.